The molecule has 1 aliphatic heterocycles. The highest BCUT2D eigenvalue weighted by Gasteiger charge is 2.31. The molecule has 0 aromatic carbocycles. The summed E-state index contributed by atoms with van der Waals surface area (Å²) in [6.07, 6.45) is 7.95. The van der Waals surface area contributed by atoms with E-state index >= 15 is 0 Å². The molecule has 1 heterocycles. The Morgan fingerprint density at radius 2 is 1.94 bits per heavy atom. The van der Waals surface area contributed by atoms with Crippen molar-refractivity contribution in [3.63, 3.8) is 0 Å². The van der Waals surface area contributed by atoms with E-state index in [2.05, 4.69) is 32.6 Å². The molecule has 2 N–H and O–H groups in total. The zero-order valence-corrected chi connectivity index (χ0v) is 13.0. The van der Waals surface area contributed by atoms with Gasteiger partial charge in [-0.15, -0.1) is 0 Å². The molecule has 0 saturated carbocycles. The predicted octanol–water partition coefficient (Wildman–Crippen LogP) is 3.65. The van der Waals surface area contributed by atoms with E-state index in [9.17, 15) is 0 Å². The van der Waals surface area contributed by atoms with Crippen molar-refractivity contribution in [1.82, 2.24) is 4.90 Å². The van der Waals surface area contributed by atoms with Gasteiger partial charge >= 0.3 is 0 Å². The van der Waals surface area contributed by atoms with Crippen LogP contribution in [-0.2, 0) is 0 Å². The lowest BCUT2D eigenvalue weighted by Gasteiger charge is -2.44. The number of nitrogens with two attached hydrogens (primary N) is 1. The third-order valence-electron chi connectivity index (χ3n) is 5.03. The zero-order chi connectivity index (χ0) is 13.5. The normalized spacial score (nSPS) is 29.2. The van der Waals surface area contributed by atoms with Crippen LogP contribution < -0.4 is 5.73 Å². The fraction of sp³-hybridized carbons (Fsp3) is 1.00. The van der Waals surface area contributed by atoms with Gasteiger partial charge in [-0.05, 0) is 44.1 Å². The number of rotatable bonds is 7. The van der Waals surface area contributed by atoms with Crippen molar-refractivity contribution in [3.8, 4) is 0 Å². The average Bonchev–Trinajstić information content (AvgIpc) is 2.43. The van der Waals surface area contributed by atoms with Crippen LogP contribution in [0.1, 0.15) is 66.2 Å². The molecule has 1 fully saturated rings. The van der Waals surface area contributed by atoms with Crippen molar-refractivity contribution in [1.29, 1.82) is 0 Å². The largest absolute Gasteiger partial charge is 0.329 e. The highest BCUT2D eigenvalue weighted by atomic mass is 15.2. The Kier molecular flexibility index (Phi) is 7.25. The predicted molar refractivity (Wildman–Crippen MR) is 80.7 cm³/mol. The molecular formula is C16H34N2. The lowest BCUT2D eigenvalue weighted by molar-refractivity contribution is 0.0572. The summed E-state index contributed by atoms with van der Waals surface area (Å²) in [7, 11) is 0. The van der Waals surface area contributed by atoms with Gasteiger partial charge in [0.15, 0.2) is 0 Å². The summed E-state index contributed by atoms with van der Waals surface area (Å²) in [6.45, 7) is 11.5. The fourth-order valence-corrected chi connectivity index (χ4v) is 3.40. The van der Waals surface area contributed by atoms with Gasteiger partial charge in [-0.25, -0.2) is 0 Å². The number of likely N-dealkylation sites (tertiary alicyclic amines) is 1. The van der Waals surface area contributed by atoms with Gasteiger partial charge in [-0.2, -0.15) is 0 Å². The van der Waals surface area contributed by atoms with Crippen molar-refractivity contribution in [3.05, 3.63) is 0 Å². The number of nitrogens with zero attached hydrogens (tertiary/aromatic N) is 1. The van der Waals surface area contributed by atoms with Crippen LogP contribution in [0.25, 0.3) is 0 Å². The molecule has 0 aromatic rings. The van der Waals surface area contributed by atoms with E-state index < -0.39 is 0 Å². The molecule has 0 bridgehead atoms. The van der Waals surface area contributed by atoms with Crippen LogP contribution in [0.2, 0.25) is 0 Å². The Balaban J connectivity index is 2.60. The first-order chi connectivity index (χ1) is 8.65. The van der Waals surface area contributed by atoms with E-state index in [1.807, 2.05) is 0 Å². The van der Waals surface area contributed by atoms with Crippen molar-refractivity contribution in [2.45, 2.75) is 78.3 Å². The smallest absolute Gasteiger partial charge is 0.0223 e. The van der Waals surface area contributed by atoms with E-state index in [0.29, 0.717) is 6.04 Å². The van der Waals surface area contributed by atoms with Crippen molar-refractivity contribution >= 4 is 0 Å². The highest BCUT2D eigenvalue weighted by Crippen LogP contribution is 2.29. The zero-order valence-electron chi connectivity index (χ0n) is 13.0. The molecule has 4 atom stereocenters. The number of hydrogen-bond acceptors (Lipinski definition) is 2. The van der Waals surface area contributed by atoms with Crippen LogP contribution in [0.4, 0.5) is 0 Å². The lowest BCUT2D eigenvalue weighted by Crippen LogP contribution is -2.51. The van der Waals surface area contributed by atoms with Crippen LogP contribution in [-0.4, -0.2) is 30.1 Å². The third-order valence-corrected chi connectivity index (χ3v) is 5.03. The van der Waals surface area contributed by atoms with Crippen LogP contribution in [0.5, 0.6) is 0 Å². The second-order valence-electron chi connectivity index (χ2n) is 6.24. The lowest BCUT2D eigenvalue weighted by atomic mass is 9.86. The minimum atomic E-state index is 0.637. The quantitative estimate of drug-likeness (QED) is 0.751. The average molecular weight is 254 g/mol. The summed E-state index contributed by atoms with van der Waals surface area (Å²) in [6, 6.07) is 1.39. The number of hydrogen-bond donors (Lipinski definition) is 1. The van der Waals surface area contributed by atoms with Gasteiger partial charge in [-0.3, -0.25) is 4.90 Å². The first kappa shape index (κ1) is 16.0. The van der Waals surface area contributed by atoms with Gasteiger partial charge in [0.25, 0.3) is 0 Å². The minimum absolute atomic E-state index is 0.637. The molecule has 108 valence electrons. The second kappa shape index (κ2) is 8.16. The summed E-state index contributed by atoms with van der Waals surface area (Å²) in [5.74, 6) is 1.76. The van der Waals surface area contributed by atoms with Gasteiger partial charge in [0, 0.05) is 18.6 Å². The van der Waals surface area contributed by atoms with E-state index in [0.717, 1.165) is 24.4 Å². The molecule has 18 heavy (non-hydrogen) atoms. The Morgan fingerprint density at radius 1 is 1.22 bits per heavy atom. The first-order valence-electron chi connectivity index (χ1n) is 8.11. The Hall–Kier alpha value is -0.0800. The third kappa shape index (κ3) is 4.24. The molecule has 0 amide bonds. The molecule has 1 saturated heterocycles. The van der Waals surface area contributed by atoms with Crippen molar-refractivity contribution < 1.29 is 0 Å². The Morgan fingerprint density at radius 3 is 2.44 bits per heavy atom. The maximum absolute atomic E-state index is 6.02. The summed E-state index contributed by atoms with van der Waals surface area (Å²) in [5.41, 5.74) is 6.02. The SMILES string of the molecule is CCC(C)CC(CC)N1CCC(CC)CC1CN. The Labute approximate surface area is 114 Å². The number of piperidine rings is 1. The van der Waals surface area contributed by atoms with Gasteiger partial charge in [0.05, 0.1) is 0 Å². The molecule has 0 radical (unpaired) electrons. The van der Waals surface area contributed by atoms with E-state index in [1.54, 1.807) is 0 Å². The van der Waals surface area contributed by atoms with E-state index in [-0.39, 0.29) is 0 Å². The molecular weight excluding hydrogens is 220 g/mol. The molecule has 0 spiro atoms. The van der Waals surface area contributed by atoms with Gasteiger partial charge < -0.3 is 5.73 Å². The van der Waals surface area contributed by atoms with Gasteiger partial charge in [0.1, 0.15) is 0 Å². The molecule has 0 aromatic heterocycles. The van der Waals surface area contributed by atoms with Crippen LogP contribution in [0, 0.1) is 11.8 Å². The summed E-state index contributed by atoms with van der Waals surface area (Å²) >= 11 is 0. The van der Waals surface area contributed by atoms with Gasteiger partial charge in [-0.1, -0.05) is 40.5 Å². The second-order valence-corrected chi connectivity index (χ2v) is 6.24. The topological polar surface area (TPSA) is 29.3 Å². The fourth-order valence-electron chi connectivity index (χ4n) is 3.40. The molecule has 4 unspecified atom stereocenters. The highest BCUT2D eigenvalue weighted by molar-refractivity contribution is 4.86. The maximum atomic E-state index is 6.02. The molecule has 2 heteroatoms. The van der Waals surface area contributed by atoms with Crippen molar-refractivity contribution in [2.75, 3.05) is 13.1 Å². The standard InChI is InChI=1S/C16H34N2/c1-5-13(4)10-15(7-3)18-9-8-14(6-2)11-16(18)12-17/h13-16H,5-12,17H2,1-4H3. The van der Waals surface area contributed by atoms with Crippen LogP contribution in [0.15, 0.2) is 0 Å². The molecule has 1 rings (SSSR count). The Bertz CT molecular complexity index is 217. The minimum Gasteiger partial charge on any atom is -0.329 e. The molecule has 1 aliphatic rings. The van der Waals surface area contributed by atoms with Gasteiger partial charge in [0.2, 0.25) is 0 Å². The maximum Gasteiger partial charge on any atom is 0.0223 e. The van der Waals surface area contributed by atoms with Crippen LogP contribution >= 0.6 is 0 Å². The van der Waals surface area contributed by atoms with Crippen LogP contribution in [0.3, 0.4) is 0 Å². The monoisotopic (exact) mass is 254 g/mol. The summed E-state index contributed by atoms with van der Waals surface area (Å²) in [5, 5.41) is 0. The van der Waals surface area contributed by atoms with E-state index in [1.165, 1.54) is 45.1 Å². The molecule has 0 aliphatic carbocycles. The van der Waals surface area contributed by atoms with Crippen molar-refractivity contribution in [2.24, 2.45) is 17.6 Å². The first-order valence-corrected chi connectivity index (χ1v) is 8.11. The molecule has 2 nitrogen and oxygen atoms in total. The summed E-state index contributed by atoms with van der Waals surface area (Å²) in [4.78, 5) is 2.73. The summed E-state index contributed by atoms with van der Waals surface area (Å²) < 4.78 is 0. The van der Waals surface area contributed by atoms with E-state index in [4.69, 9.17) is 5.73 Å².